The Kier molecular flexibility index (Phi) is 2.76. The summed E-state index contributed by atoms with van der Waals surface area (Å²) in [5.41, 5.74) is 0. The molecule has 0 unspecified atom stereocenters. The Hall–Kier alpha value is -0.960. The van der Waals surface area contributed by atoms with E-state index < -0.39 is 5.82 Å². The Morgan fingerprint density at radius 1 is 1.25 bits per heavy atom. The van der Waals surface area contributed by atoms with Crippen LogP contribution in [0.5, 0.6) is 11.5 Å². The van der Waals surface area contributed by atoms with Gasteiger partial charge in [0, 0.05) is 0 Å². The van der Waals surface area contributed by atoms with Gasteiger partial charge in [-0.2, -0.15) is 4.39 Å². The maximum Gasteiger partial charge on any atom is 0.208 e. The van der Waals surface area contributed by atoms with E-state index in [1.807, 2.05) is 0 Å². The fourth-order valence-electron chi connectivity index (χ4n) is 0.859. The van der Waals surface area contributed by atoms with E-state index in [4.69, 9.17) is 21.1 Å². The fraction of sp³-hybridized carbons (Fsp3) is 0.250. The highest BCUT2D eigenvalue weighted by Gasteiger charge is 2.12. The van der Waals surface area contributed by atoms with Crippen LogP contribution in [-0.2, 0) is 0 Å². The smallest absolute Gasteiger partial charge is 0.208 e. The fourth-order valence-corrected chi connectivity index (χ4v) is 1.08. The van der Waals surface area contributed by atoms with Crippen molar-refractivity contribution in [1.29, 1.82) is 0 Å². The summed E-state index contributed by atoms with van der Waals surface area (Å²) in [5, 5.41) is 0.232. The van der Waals surface area contributed by atoms with Crippen molar-refractivity contribution in [3.63, 3.8) is 0 Å². The number of rotatable bonds is 2. The second-order valence-corrected chi connectivity index (χ2v) is 2.50. The minimum absolute atomic E-state index is 0.0102. The highest BCUT2D eigenvalue weighted by Crippen LogP contribution is 2.33. The van der Waals surface area contributed by atoms with Crippen LogP contribution in [0.15, 0.2) is 12.1 Å². The molecule has 0 saturated carbocycles. The summed E-state index contributed by atoms with van der Waals surface area (Å²) in [7, 11) is 2.73. The molecule has 0 heterocycles. The van der Waals surface area contributed by atoms with Crippen molar-refractivity contribution in [3.05, 3.63) is 23.0 Å². The Bertz CT molecular complexity index is 289. The van der Waals surface area contributed by atoms with Crippen LogP contribution in [0, 0.1) is 5.82 Å². The molecule has 0 aliphatic carbocycles. The maximum absolute atomic E-state index is 13.2. The third kappa shape index (κ3) is 1.46. The average Bonchev–Trinajstić information content (AvgIpc) is 2.06. The minimum Gasteiger partial charge on any atom is -0.494 e. The molecule has 4 heteroatoms. The molecule has 0 amide bonds. The van der Waals surface area contributed by atoms with Crippen LogP contribution in [0.4, 0.5) is 4.39 Å². The highest BCUT2D eigenvalue weighted by atomic mass is 35.5. The molecule has 0 N–H and O–H groups in total. The third-order valence-electron chi connectivity index (χ3n) is 1.44. The van der Waals surface area contributed by atoms with Gasteiger partial charge >= 0.3 is 0 Å². The van der Waals surface area contributed by atoms with Gasteiger partial charge in [0.15, 0.2) is 11.5 Å². The Labute approximate surface area is 74.9 Å². The molecule has 2 nitrogen and oxygen atoms in total. The largest absolute Gasteiger partial charge is 0.494 e. The number of methoxy groups -OCH3 is 2. The molecule has 0 atom stereocenters. The van der Waals surface area contributed by atoms with Crippen molar-refractivity contribution in [1.82, 2.24) is 0 Å². The summed E-state index contributed by atoms with van der Waals surface area (Å²) in [6.45, 7) is 0. The molecule has 0 aliphatic rings. The third-order valence-corrected chi connectivity index (χ3v) is 1.74. The number of halogens is 2. The lowest BCUT2D eigenvalue weighted by atomic mass is 10.3. The van der Waals surface area contributed by atoms with Gasteiger partial charge in [0.1, 0.15) is 0 Å². The van der Waals surface area contributed by atoms with E-state index in [1.165, 1.54) is 26.4 Å². The van der Waals surface area contributed by atoms with Gasteiger partial charge in [-0.15, -0.1) is 0 Å². The SMILES string of the molecule is COc1ccc(Cl)c(OC)c1F. The van der Waals surface area contributed by atoms with E-state index in [0.29, 0.717) is 0 Å². The molecule has 0 bridgehead atoms. The zero-order valence-corrected chi connectivity index (χ0v) is 7.48. The van der Waals surface area contributed by atoms with Crippen molar-refractivity contribution in [2.75, 3.05) is 14.2 Å². The monoisotopic (exact) mass is 190 g/mol. The van der Waals surface area contributed by atoms with E-state index >= 15 is 0 Å². The summed E-state index contributed by atoms with van der Waals surface area (Å²) in [6, 6.07) is 2.96. The summed E-state index contributed by atoms with van der Waals surface area (Å²) in [6.07, 6.45) is 0. The van der Waals surface area contributed by atoms with Gasteiger partial charge in [0.05, 0.1) is 19.2 Å². The first-order chi connectivity index (χ1) is 5.70. The Balaban J connectivity index is 3.24. The number of benzene rings is 1. The molecule has 0 radical (unpaired) electrons. The minimum atomic E-state index is -0.576. The van der Waals surface area contributed by atoms with Gasteiger partial charge in [0.25, 0.3) is 0 Å². The maximum atomic E-state index is 13.2. The summed E-state index contributed by atoms with van der Waals surface area (Å²) < 4.78 is 22.7. The first-order valence-corrected chi connectivity index (χ1v) is 3.64. The molecule has 1 rings (SSSR count). The Morgan fingerprint density at radius 3 is 2.42 bits per heavy atom. The second kappa shape index (κ2) is 3.63. The molecule has 1 aromatic rings. The van der Waals surface area contributed by atoms with Crippen molar-refractivity contribution >= 4 is 11.6 Å². The van der Waals surface area contributed by atoms with E-state index in [1.54, 1.807) is 0 Å². The molecule has 1 aromatic carbocycles. The van der Waals surface area contributed by atoms with Crippen molar-refractivity contribution in [2.24, 2.45) is 0 Å². The predicted molar refractivity (Wildman–Crippen MR) is 44.5 cm³/mol. The van der Waals surface area contributed by atoms with Crippen molar-refractivity contribution in [2.45, 2.75) is 0 Å². The topological polar surface area (TPSA) is 18.5 Å². The van der Waals surface area contributed by atoms with Crippen LogP contribution in [-0.4, -0.2) is 14.2 Å². The second-order valence-electron chi connectivity index (χ2n) is 2.10. The van der Waals surface area contributed by atoms with Crippen LogP contribution >= 0.6 is 11.6 Å². The van der Waals surface area contributed by atoms with Gasteiger partial charge < -0.3 is 9.47 Å². The van der Waals surface area contributed by atoms with Gasteiger partial charge in [-0.3, -0.25) is 0 Å². The molecule has 12 heavy (non-hydrogen) atoms. The summed E-state index contributed by atoms with van der Waals surface area (Å²) in [4.78, 5) is 0. The zero-order chi connectivity index (χ0) is 9.14. The van der Waals surface area contributed by atoms with Gasteiger partial charge in [0.2, 0.25) is 5.82 Å². The standard InChI is InChI=1S/C8H8ClFO2/c1-11-6-4-3-5(9)8(12-2)7(6)10/h3-4H,1-2H3. The Morgan fingerprint density at radius 2 is 1.92 bits per heavy atom. The van der Waals surface area contributed by atoms with Crippen LogP contribution in [0.2, 0.25) is 5.02 Å². The lowest BCUT2D eigenvalue weighted by molar-refractivity contribution is 0.350. The van der Waals surface area contributed by atoms with Crippen LogP contribution in [0.25, 0.3) is 0 Å². The first kappa shape index (κ1) is 9.13. The van der Waals surface area contributed by atoms with E-state index in [2.05, 4.69) is 0 Å². The number of hydrogen-bond acceptors (Lipinski definition) is 2. The number of ether oxygens (including phenoxy) is 2. The highest BCUT2D eigenvalue weighted by molar-refractivity contribution is 6.32. The van der Waals surface area contributed by atoms with E-state index in [-0.39, 0.29) is 16.5 Å². The van der Waals surface area contributed by atoms with Crippen LogP contribution in [0.1, 0.15) is 0 Å². The van der Waals surface area contributed by atoms with Gasteiger partial charge in [-0.05, 0) is 12.1 Å². The molecule has 0 saturated heterocycles. The molecular formula is C8H8ClFO2. The molecule has 66 valence electrons. The number of hydrogen-bond donors (Lipinski definition) is 0. The summed E-state index contributed by atoms with van der Waals surface area (Å²) in [5.74, 6) is -0.445. The lowest BCUT2D eigenvalue weighted by Gasteiger charge is -2.07. The van der Waals surface area contributed by atoms with Gasteiger partial charge in [-0.1, -0.05) is 11.6 Å². The molecule has 0 spiro atoms. The van der Waals surface area contributed by atoms with Crippen molar-refractivity contribution in [3.8, 4) is 11.5 Å². The average molecular weight is 191 g/mol. The van der Waals surface area contributed by atoms with E-state index in [9.17, 15) is 4.39 Å². The predicted octanol–water partition coefficient (Wildman–Crippen LogP) is 2.50. The van der Waals surface area contributed by atoms with Crippen LogP contribution in [0.3, 0.4) is 0 Å². The molecular weight excluding hydrogens is 183 g/mol. The first-order valence-electron chi connectivity index (χ1n) is 3.26. The lowest BCUT2D eigenvalue weighted by Crippen LogP contribution is -1.93. The zero-order valence-electron chi connectivity index (χ0n) is 6.73. The molecule has 0 aromatic heterocycles. The summed E-state index contributed by atoms with van der Waals surface area (Å²) >= 11 is 5.64. The quantitative estimate of drug-likeness (QED) is 0.714. The molecule has 0 fully saturated rings. The van der Waals surface area contributed by atoms with Gasteiger partial charge in [-0.25, -0.2) is 0 Å². The normalized spacial score (nSPS) is 9.67. The van der Waals surface area contributed by atoms with E-state index in [0.717, 1.165) is 0 Å². The van der Waals surface area contributed by atoms with Crippen molar-refractivity contribution < 1.29 is 13.9 Å². The molecule has 0 aliphatic heterocycles. The van der Waals surface area contributed by atoms with Crippen LogP contribution < -0.4 is 9.47 Å².